The molecule has 8 heteroatoms. The molecule has 1 aliphatic heterocycles. The Kier molecular flexibility index (Phi) is 6.10. The summed E-state index contributed by atoms with van der Waals surface area (Å²) in [5, 5.41) is 13.4. The Morgan fingerprint density at radius 2 is 1.92 bits per heavy atom. The lowest BCUT2D eigenvalue weighted by molar-refractivity contribution is -0.123. The number of nitrogens with one attached hydrogen (secondary N) is 2. The van der Waals surface area contributed by atoms with Crippen LogP contribution in [0.5, 0.6) is 17.2 Å². The highest BCUT2D eigenvalue weighted by molar-refractivity contribution is 6.03. The number of ether oxygens (including phenoxy) is 2. The van der Waals surface area contributed by atoms with E-state index in [0.29, 0.717) is 12.2 Å². The number of imidazole rings is 1. The van der Waals surface area contributed by atoms with E-state index in [0.717, 1.165) is 16.6 Å². The van der Waals surface area contributed by atoms with Gasteiger partial charge in [-0.25, -0.2) is 4.98 Å². The van der Waals surface area contributed by atoms with Gasteiger partial charge >= 0.3 is 0 Å². The smallest absolute Gasteiger partial charge is 0.258 e. The minimum Gasteiger partial charge on any atom is -0.507 e. The van der Waals surface area contributed by atoms with Crippen molar-refractivity contribution in [2.45, 2.75) is 38.3 Å². The Labute approximate surface area is 208 Å². The number of aromatic nitrogens is 2. The zero-order valence-electron chi connectivity index (χ0n) is 20.1. The van der Waals surface area contributed by atoms with Crippen LogP contribution in [0.25, 0.3) is 11.0 Å². The predicted molar refractivity (Wildman–Crippen MR) is 134 cm³/mol. The van der Waals surface area contributed by atoms with Crippen LogP contribution < -0.4 is 14.8 Å². The largest absolute Gasteiger partial charge is 0.507 e. The van der Waals surface area contributed by atoms with Gasteiger partial charge in [-0.1, -0.05) is 42.5 Å². The Balaban J connectivity index is 1.32. The van der Waals surface area contributed by atoms with Gasteiger partial charge in [0.05, 0.1) is 23.5 Å². The zero-order valence-corrected chi connectivity index (χ0v) is 20.1. The summed E-state index contributed by atoms with van der Waals surface area (Å²) in [7, 11) is 0. The van der Waals surface area contributed by atoms with E-state index < -0.39 is 11.6 Å². The molecule has 0 fully saturated rings. The van der Waals surface area contributed by atoms with Crippen molar-refractivity contribution in [1.82, 2.24) is 15.3 Å². The van der Waals surface area contributed by atoms with Crippen molar-refractivity contribution in [2.75, 3.05) is 6.61 Å². The van der Waals surface area contributed by atoms with Crippen LogP contribution >= 0.6 is 0 Å². The second kappa shape index (κ2) is 9.37. The number of para-hydroxylation sites is 2. The molecule has 1 atom stereocenters. The van der Waals surface area contributed by atoms with Crippen LogP contribution in [0.1, 0.15) is 48.1 Å². The molecule has 1 aromatic heterocycles. The van der Waals surface area contributed by atoms with Gasteiger partial charge in [0.25, 0.3) is 5.91 Å². The number of ketones is 1. The molecule has 0 bridgehead atoms. The van der Waals surface area contributed by atoms with Gasteiger partial charge in [0.2, 0.25) is 0 Å². The molecule has 3 aromatic carbocycles. The van der Waals surface area contributed by atoms with Crippen molar-refractivity contribution in [2.24, 2.45) is 0 Å². The van der Waals surface area contributed by atoms with Crippen LogP contribution in [0, 0.1) is 0 Å². The first-order valence-corrected chi connectivity index (χ1v) is 11.8. The summed E-state index contributed by atoms with van der Waals surface area (Å²) < 4.78 is 11.5. The monoisotopic (exact) mass is 485 g/mol. The number of carbonyl (C=O) groups excluding carboxylic acids is 2. The standard InChI is InChI=1S/C28H27N3O5/c1-28(2)15-23(33)26-22(32)13-18(14-24(26)36-28)35-16-25(34)29-21(12-17-8-4-3-5-9-17)27-30-19-10-6-7-11-20(19)31-27/h3-11,13-14,21,32H,12,15-16H2,1-2H3,(H,29,34)(H,30,31)/t21-/m1/s1. The Hall–Kier alpha value is -4.33. The molecule has 4 aromatic rings. The molecule has 0 spiro atoms. The molecule has 5 rings (SSSR count). The van der Waals surface area contributed by atoms with Gasteiger partial charge in [-0.2, -0.15) is 0 Å². The number of amides is 1. The SMILES string of the molecule is CC1(C)CC(=O)c2c(O)cc(OCC(=O)N[C@H](Cc3ccccc3)c3nc4ccccc4[nH]3)cc2O1. The Morgan fingerprint density at radius 1 is 1.17 bits per heavy atom. The van der Waals surface area contributed by atoms with Gasteiger partial charge in [-0.3, -0.25) is 9.59 Å². The van der Waals surface area contributed by atoms with Crippen LogP contribution in [0.3, 0.4) is 0 Å². The first-order chi connectivity index (χ1) is 17.3. The number of phenols is 1. The highest BCUT2D eigenvalue weighted by Gasteiger charge is 2.35. The summed E-state index contributed by atoms with van der Waals surface area (Å²) in [6.07, 6.45) is 0.706. The van der Waals surface area contributed by atoms with Crippen molar-refractivity contribution >= 4 is 22.7 Å². The Bertz CT molecular complexity index is 1390. The van der Waals surface area contributed by atoms with Crippen molar-refractivity contribution in [3.63, 3.8) is 0 Å². The van der Waals surface area contributed by atoms with Crippen molar-refractivity contribution in [3.8, 4) is 17.2 Å². The number of H-pyrrole nitrogens is 1. The van der Waals surface area contributed by atoms with Crippen molar-refractivity contribution in [1.29, 1.82) is 0 Å². The van der Waals surface area contributed by atoms with Crippen LogP contribution in [-0.4, -0.2) is 39.0 Å². The number of Topliss-reactive ketones (excluding diaryl/α,β-unsaturated/α-hetero) is 1. The first-order valence-electron chi connectivity index (χ1n) is 11.8. The number of aromatic amines is 1. The van der Waals surface area contributed by atoms with Crippen molar-refractivity contribution < 1.29 is 24.2 Å². The third kappa shape index (κ3) is 5.02. The van der Waals surface area contributed by atoms with E-state index in [4.69, 9.17) is 9.47 Å². The van der Waals surface area contributed by atoms with E-state index in [2.05, 4.69) is 15.3 Å². The summed E-state index contributed by atoms with van der Waals surface area (Å²) in [5.41, 5.74) is 2.20. The summed E-state index contributed by atoms with van der Waals surface area (Å²) >= 11 is 0. The lowest BCUT2D eigenvalue weighted by atomic mass is 9.92. The van der Waals surface area contributed by atoms with Crippen LogP contribution in [0.4, 0.5) is 0 Å². The average Bonchev–Trinajstić information content (AvgIpc) is 3.26. The number of nitrogens with zero attached hydrogens (tertiary/aromatic N) is 1. The number of carbonyl (C=O) groups is 2. The van der Waals surface area contributed by atoms with Gasteiger partial charge in [-0.15, -0.1) is 0 Å². The molecule has 3 N–H and O–H groups in total. The molecule has 0 unspecified atom stereocenters. The minimum atomic E-state index is -0.691. The molecule has 8 nitrogen and oxygen atoms in total. The fourth-order valence-electron chi connectivity index (χ4n) is 4.42. The van der Waals surface area contributed by atoms with Gasteiger partial charge in [0.15, 0.2) is 12.4 Å². The van der Waals surface area contributed by atoms with E-state index in [9.17, 15) is 14.7 Å². The number of hydrogen-bond donors (Lipinski definition) is 3. The molecule has 2 heterocycles. The molecular weight excluding hydrogens is 458 g/mol. The van der Waals surface area contributed by atoms with Crippen molar-refractivity contribution in [3.05, 3.63) is 83.7 Å². The normalized spacial score (nSPS) is 15.1. The maximum atomic E-state index is 12.9. The number of fused-ring (bicyclic) bond motifs is 2. The van der Waals surface area contributed by atoms with E-state index in [1.807, 2.05) is 54.6 Å². The molecule has 1 amide bonds. The first kappa shape index (κ1) is 23.4. The lowest BCUT2D eigenvalue weighted by Crippen LogP contribution is -2.36. The third-order valence-electron chi connectivity index (χ3n) is 6.03. The van der Waals surface area contributed by atoms with E-state index in [1.165, 1.54) is 12.1 Å². The zero-order chi connectivity index (χ0) is 25.3. The minimum absolute atomic E-state index is 0.138. The molecule has 1 aliphatic rings. The van der Waals surface area contributed by atoms with E-state index in [-0.39, 0.29) is 47.5 Å². The summed E-state index contributed by atoms with van der Waals surface area (Å²) in [4.78, 5) is 33.3. The molecule has 0 aliphatic carbocycles. The van der Waals surface area contributed by atoms with Gasteiger partial charge in [0.1, 0.15) is 34.2 Å². The molecule has 0 radical (unpaired) electrons. The molecule has 0 saturated heterocycles. The number of aromatic hydroxyl groups is 1. The maximum Gasteiger partial charge on any atom is 0.258 e. The highest BCUT2D eigenvalue weighted by Crippen LogP contribution is 2.40. The summed E-state index contributed by atoms with van der Waals surface area (Å²) in [6.45, 7) is 3.31. The number of rotatable bonds is 7. The predicted octanol–water partition coefficient (Wildman–Crippen LogP) is 4.49. The van der Waals surface area contributed by atoms with Gasteiger partial charge in [0, 0.05) is 12.1 Å². The fraction of sp³-hybridized carbons (Fsp3) is 0.250. The Morgan fingerprint density at radius 3 is 2.69 bits per heavy atom. The molecule has 36 heavy (non-hydrogen) atoms. The maximum absolute atomic E-state index is 12.9. The summed E-state index contributed by atoms with van der Waals surface area (Å²) in [6, 6.07) is 20.0. The third-order valence-corrected chi connectivity index (χ3v) is 6.03. The van der Waals surface area contributed by atoms with Crippen LogP contribution in [0.2, 0.25) is 0 Å². The molecule has 0 saturated carbocycles. The number of hydrogen-bond acceptors (Lipinski definition) is 6. The second-order valence-electron chi connectivity index (χ2n) is 9.51. The second-order valence-corrected chi connectivity index (χ2v) is 9.51. The quantitative estimate of drug-likeness (QED) is 0.355. The molecule has 184 valence electrons. The van der Waals surface area contributed by atoms with E-state index in [1.54, 1.807) is 13.8 Å². The van der Waals surface area contributed by atoms with Gasteiger partial charge in [-0.05, 0) is 38.0 Å². The average molecular weight is 486 g/mol. The van der Waals surface area contributed by atoms with Gasteiger partial charge < -0.3 is 24.9 Å². The van der Waals surface area contributed by atoms with Crippen LogP contribution in [0.15, 0.2) is 66.7 Å². The van der Waals surface area contributed by atoms with E-state index >= 15 is 0 Å². The highest BCUT2D eigenvalue weighted by atomic mass is 16.5. The molecular formula is C28H27N3O5. The lowest BCUT2D eigenvalue weighted by Gasteiger charge is -2.32. The topological polar surface area (TPSA) is 114 Å². The van der Waals surface area contributed by atoms with Crippen LogP contribution in [-0.2, 0) is 11.2 Å². The number of benzene rings is 3. The fourth-order valence-corrected chi connectivity index (χ4v) is 4.42. The number of phenolic OH excluding ortho intramolecular Hbond substituents is 1. The summed E-state index contributed by atoms with van der Waals surface area (Å²) in [5.74, 6) is 0.344.